The first-order valence-corrected chi connectivity index (χ1v) is 5.73. The molecule has 0 saturated heterocycles. The normalized spacial score (nSPS) is 10.6. The summed E-state index contributed by atoms with van der Waals surface area (Å²) < 4.78 is 1.05. The predicted molar refractivity (Wildman–Crippen MR) is 65.0 cm³/mol. The Morgan fingerprint density at radius 3 is 2.87 bits per heavy atom. The molecule has 0 aliphatic heterocycles. The van der Waals surface area contributed by atoms with Crippen molar-refractivity contribution in [3.05, 3.63) is 33.7 Å². The van der Waals surface area contributed by atoms with Crippen LogP contribution in [0.5, 0.6) is 0 Å². The lowest BCUT2D eigenvalue weighted by Gasteiger charge is -1.94. The van der Waals surface area contributed by atoms with E-state index in [-0.39, 0.29) is 5.91 Å². The van der Waals surface area contributed by atoms with Gasteiger partial charge in [0.2, 0.25) is 0 Å². The van der Waals surface area contributed by atoms with Crippen LogP contribution in [0.4, 0.5) is 0 Å². The van der Waals surface area contributed by atoms with Crippen LogP contribution in [0.3, 0.4) is 0 Å². The summed E-state index contributed by atoms with van der Waals surface area (Å²) in [7, 11) is 1.61. The number of aryl methyl sites for hydroxylation is 1. The van der Waals surface area contributed by atoms with E-state index >= 15 is 0 Å². The van der Waals surface area contributed by atoms with Crippen LogP contribution in [0.15, 0.2) is 18.2 Å². The van der Waals surface area contributed by atoms with Gasteiger partial charge in [-0.2, -0.15) is 0 Å². The molecule has 2 rings (SSSR count). The molecule has 0 bridgehead atoms. The molecule has 1 aromatic heterocycles. The van der Waals surface area contributed by atoms with Crippen molar-refractivity contribution in [3.63, 3.8) is 0 Å². The summed E-state index contributed by atoms with van der Waals surface area (Å²) in [6, 6.07) is 5.99. The van der Waals surface area contributed by atoms with Gasteiger partial charge in [-0.05, 0) is 18.6 Å². The van der Waals surface area contributed by atoms with Crippen LogP contribution < -0.4 is 5.32 Å². The van der Waals surface area contributed by atoms with Crippen LogP contribution >= 0.6 is 22.9 Å². The molecule has 15 heavy (non-hydrogen) atoms. The van der Waals surface area contributed by atoms with Crippen molar-refractivity contribution in [2.24, 2.45) is 0 Å². The highest BCUT2D eigenvalue weighted by Crippen LogP contribution is 2.35. The molecule has 4 heteroatoms. The Kier molecular flexibility index (Phi) is 2.67. The largest absolute Gasteiger partial charge is 0.354 e. The third kappa shape index (κ3) is 1.73. The highest BCUT2D eigenvalue weighted by molar-refractivity contribution is 7.21. The van der Waals surface area contributed by atoms with Gasteiger partial charge < -0.3 is 5.32 Å². The fourth-order valence-corrected chi connectivity index (χ4v) is 2.99. The van der Waals surface area contributed by atoms with E-state index < -0.39 is 0 Å². The number of amides is 1. The average molecular weight is 240 g/mol. The number of fused-ring (bicyclic) bond motifs is 1. The molecular weight excluding hydrogens is 230 g/mol. The van der Waals surface area contributed by atoms with Crippen molar-refractivity contribution in [2.45, 2.75) is 6.92 Å². The minimum Gasteiger partial charge on any atom is -0.354 e. The number of nitrogens with one attached hydrogen (secondary N) is 1. The van der Waals surface area contributed by atoms with Gasteiger partial charge in [-0.25, -0.2) is 0 Å². The van der Waals surface area contributed by atoms with Crippen molar-refractivity contribution in [1.82, 2.24) is 5.32 Å². The maximum absolute atomic E-state index is 11.5. The Hall–Kier alpha value is -1.06. The summed E-state index contributed by atoms with van der Waals surface area (Å²) in [6.07, 6.45) is 0. The quantitative estimate of drug-likeness (QED) is 0.814. The first-order chi connectivity index (χ1) is 7.13. The Morgan fingerprint density at radius 2 is 2.20 bits per heavy atom. The van der Waals surface area contributed by atoms with Crippen molar-refractivity contribution >= 4 is 38.9 Å². The van der Waals surface area contributed by atoms with Gasteiger partial charge in [-0.3, -0.25) is 4.79 Å². The number of rotatable bonds is 1. The molecule has 0 aliphatic carbocycles. The fraction of sp³-hybridized carbons (Fsp3) is 0.182. The molecule has 0 atom stereocenters. The maximum Gasteiger partial charge on any atom is 0.262 e. The molecule has 0 fully saturated rings. The highest BCUT2D eigenvalue weighted by atomic mass is 35.5. The molecule has 1 heterocycles. The number of halogens is 1. The van der Waals surface area contributed by atoms with Gasteiger partial charge in [0.15, 0.2) is 0 Å². The van der Waals surface area contributed by atoms with Gasteiger partial charge in [0.25, 0.3) is 5.91 Å². The van der Waals surface area contributed by atoms with E-state index in [9.17, 15) is 4.79 Å². The lowest BCUT2D eigenvalue weighted by molar-refractivity contribution is 0.0967. The molecule has 1 N–H and O–H groups in total. The van der Waals surface area contributed by atoms with Gasteiger partial charge >= 0.3 is 0 Å². The van der Waals surface area contributed by atoms with E-state index in [4.69, 9.17) is 11.6 Å². The zero-order chi connectivity index (χ0) is 11.0. The SMILES string of the molecule is CNC(=O)c1sc2cc(C)ccc2c1Cl. The summed E-state index contributed by atoms with van der Waals surface area (Å²) in [5.41, 5.74) is 1.17. The van der Waals surface area contributed by atoms with E-state index in [0.717, 1.165) is 10.1 Å². The van der Waals surface area contributed by atoms with E-state index in [0.29, 0.717) is 9.90 Å². The lowest BCUT2D eigenvalue weighted by atomic mass is 10.2. The minimum atomic E-state index is -0.126. The number of hydrogen-bond acceptors (Lipinski definition) is 2. The Balaban J connectivity index is 2.69. The van der Waals surface area contributed by atoms with Gasteiger partial charge in [-0.1, -0.05) is 23.7 Å². The number of benzene rings is 1. The molecule has 0 saturated carbocycles. The van der Waals surface area contributed by atoms with Crippen molar-refractivity contribution in [2.75, 3.05) is 7.05 Å². The van der Waals surface area contributed by atoms with Crippen LogP contribution in [0.2, 0.25) is 5.02 Å². The third-order valence-electron chi connectivity index (χ3n) is 2.22. The van der Waals surface area contributed by atoms with E-state index in [2.05, 4.69) is 5.32 Å². The number of thiophene rings is 1. The average Bonchev–Trinajstić information content (AvgIpc) is 2.54. The smallest absolute Gasteiger partial charge is 0.262 e. The summed E-state index contributed by atoms with van der Waals surface area (Å²) in [5.74, 6) is -0.126. The highest BCUT2D eigenvalue weighted by Gasteiger charge is 2.15. The van der Waals surface area contributed by atoms with E-state index in [1.807, 2.05) is 25.1 Å². The molecule has 0 spiro atoms. The number of carbonyl (C=O) groups is 1. The first-order valence-electron chi connectivity index (χ1n) is 4.54. The van der Waals surface area contributed by atoms with Crippen LogP contribution in [0, 0.1) is 6.92 Å². The van der Waals surface area contributed by atoms with Gasteiger partial charge in [0.05, 0.1) is 5.02 Å². The van der Waals surface area contributed by atoms with Crippen molar-refractivity contribution < 1.29 is 4.79 Å². The number of hydrogen-bond donors (Lipinski definition) is 1. The van der Waals surface area contributed by atoms with E-state index in [1.54, 1.807) is 7.05 Å². The Bertz CT molecular complexity index is 533. The summed E-state index contributed by atoms with van der Waals surface area (Å²) in [4.78, 5) is 12.1. The van der Waals surface area contributed by atoms with E-state index in [1.165, 1.54) is 16.9 Å². The van der Waals surface area contributed by atoms with Crippen LogP contribution in [0.1, 0.15) is 15.2 Å². The fourth-order valence-electron chi connectivity index (χ4n) is 1.43. The molecule has 2 nitrogen and oxygen atoms in total. The second kappa shape index (κ2) is 3.83. The first kappa shape index (κ1) is 10.5. The second-order valence-corrected chi connectivity index (χ2v) is 4.75. The Labute approximate surface area is 96.9 Å². The molecule has 0 unspecified atom stereocenters. The van der Waals surface area contributed by atoms with Crippen LogP contribution in [-0.2, 0) is 0 Å². The summed E-state index contributed by atoms with van der Waals surface area (Å²) in [6.45, 7) is 2.02. The molecule has 0 aliphatic rings. The lowest BCUT2D eigenvalue weighted by Crippen LogP contribution is -2.16. The molecule has 78 valence electrons. The zero-order valence-corrected chi connectivity index (χ0v) is 10.00. The monoisotopic (exact) mass is 239 g/mol. The maximum atomic E-state index is 11.5. The summed E-state index contributed by atoms with van der Waals surface area (Å²) >= 11 is 7.56. The minimum absolute atomic E-state index is 0.126. The molecular formula is C11H10ClNOS. The van der Waals surface area contributed by atoms with Gasteiger partial charge in [-0.15, -0.1) is 11.3 Å². The molecule has 1 amide bonds. The van der Waals surface area contributed by atoms with Gasteiger partial charge in [0.1, 0.15) is 4.88 Å². The number of carbonyl (C=O) groups excluding carboxylic acids is 1. The van der Waals surface area contributed by atoms with Crippen LogP contribution in [0.25, 0.3) is 10.1 Å². The zero-order valence-electron chi connectivity index (χ0n) is 8.43. The predicted octanol–water partition coefficient (Wildman–Crippen LogP) is 3.22. The Morgan fingerprint density at radius 1 is 1.47 bits per heavy atom. The third-order valence-corrected chi connectivity index (χ3v) is 3.87. The van der Waals surface area contributed by atoms with Crippen molar-refractivity contribution in [3.8, 4) is 0 Å². The second-order valence-electron chi connectivity index (χ2n) is 3.32. The molecule has 0 radical (unpaired) electrons. The summed E-state index contributed by atoms with van der Waals surface area (Å²) in [5, 5.41) is 4.08. The van der Waals surface area contributed by atoms with Crippen LogP contribution in [-0.4, -0.2) is 13.0 Å². The standard InChI is InChI=1S/C11H10ClNOS/c1-6-3-4-7-8(5-6)15-10(9(7)12)11(14)13-2/h3-5H,1-2H3,(H,13,14). The molecule has 2 aromatic rings. The van der Waals surface area contributed by atoms with Gasteiger partial charge in [0, 0.05) is 17.1 Å². The molecule has 1 aromatic carbocycles. The topological polar surface area (TPSA) is 29.1 Å². The van der Waals surface area contributed by atoms with Crippen molar-refractivity contribution in [1.29, 1.82) is 0 Å².